The SMILES string of the molecule is Cc1c(CC(C)C)cc2n1CCN(c1cc(F)cc(-c3cc(Nc4cc5n(n4)CCN(C)C5)c(=O)n(C)c3)c1CO)C2=O. The number of aliphatic hydroxyl groups is 1. The summed E-state index contributed by atoms with van der Waals surface area (Å²) >= 11 is 0. The first kappa shape index (κ1) is 28.9. The summed E-state index contributed by atoms with van der Waals surface area (Å²) in [5.74, 6) is 0.230. The Balaban J connectivity index is 1.38. The van der Waals surface area contributed by atoms with Gasteiger partial charge in [0.2, 0.25) is 0 Å². The molecular formula is C32H38FN7O3. The summed E-state index contributed by atoms with van der Waals surface area (Å²) in [4.78, 5) is 30.7. The van der Waals surface area contributed by atoms with E-state index in [2.05, 4.69) is 36.2 Å². The maximum absolute atomic E-state index is 15.3. The van der Waals surface area contributed by atoms with Gasteiger partial charge in [-0.05, 0) is 61.7 Å². The second-order valence-electron chi connectivity index (χ2n) is 12.1. The highest BCUT2D eigenvalue weighted by Gasteiger charge is 2.31. The number of halogens is 1. The van der Waals surface area contributed by atoms with Crippen LogP contribution in [0.4, 0.5) is 21.6 Å². The molecule has 0 radical (unpaired) electrons. The average molecular weight is 588 g/mol. The predicted molar refractivity (Wildman–Crippen MR) is 164 cm³/mol. The number of likely N-dealkylation sites (N-methyl/N-ethyl adjacent to an activating group) is 1. The number of aliphatic hydroxyl groups excluding tert-OH is 1. The van der Waals surface area contributed by atoms with Crippen molar-refractivity contribution in [1.82, 2.24) is 23.8 Å². The normalized spacial score (nSPS) is 15.3. The summed E-state index contributed by atoms with van der Waals surface area (Å²) in [7, 11) is 3.68. The summed E-state index contributed by atoms with van der Waals surface area (Å²) in [6.07, 6.45) is 2.48. The highest BCUT2D eigenvalue weighted by molar-refractivity contribution is 6.07. The van der Waals surface area contributed by atoms with E-state index >= 15 is 4.39 Å². The van der Waals surface area contributed by atoms with Crippen LogP contribution in [0.2, 0.25) is 0 Å². The fraction of sp³-hybridized carbons (Fsp3) is 0.406. The summed E-state index contributed by atoms with van der Waals surface area (Å²) in [5.41, 5.74) is 5.52. The molecule has 0 saturated heterocycles. The lowest BCUT2D eigenvalue weighted by Crippen LogP contribution is -2.41. The van der Waals surface area contributed by atoms with E-state index in [9.17, 15) is 14.7 Å². The van der Waals surface area contributed by atoms with Crippen molar-refractivity contribution < 1.29 is 14.3 Å². The minimum atomic E-state index is -0.540. The monoisotopic (exact) mass is 587 g/mol. The molecule has 2 aliphatic heterocycles. The Hall–Kier alpha value is -4.22. The first-order valence-electron chi connectivity index (χ1n) is 14.7. The standard InChI is InChI=1S/C32H38FN7O3/c1-19(2)10-21-12-29-32(43)39(8-7-38(29)20(21)3)28-14-23(33)13-25(26(28)18-41)22-11-27(31(42)37(5)16-22)34-30-15-24-17-36(4)6-9-40(24)35-30/h11-16,19,41H,6-10,17-18H2,1-5H3,(H,34,35). The van der Waals surface area contributed by atoms with Crippen molar-refractivity contribution in [3.8, 4) is 11.1 Å². The van der Waals surface area contributed by atoms with Crippen molar-refractivity contribution >= 4 is 23.1 Å². The van der Waals surface area contributed by atoms with Gasteiger partial charge in [0.05, 0.1) is 24.5 Å². The molecule has 11 heteroatoms. The van der Waals surface area contributed by atoms with Gasteiger partial charge in [-0.3, -0.25) is 19.2 Å². The Morgan fingerprint density at radius 1 is 1.05 bits per heavy atom. The number of benzene rings is 1. The van der Waals surface area contributed by atoms with Crippen molar-refractivity contribution in [2.45, 2.75) is 53.4 Å². The molecule has 3 aromatic heterocycles. The lowest BCUT2D eigenvalue weighted by molar-refractivity contribution is 0.0964. The minimum Gasteiger partial charge on any atom is -0.392 e. The summed E-state index contributed by atoms with van der Waals surface area (Å²) in [6.45, 7) is 9.24. The van der Waals surface area contributed by atoms with Crippen LogP contribution in [0.5, 0.6) is 0 Å². The van der Waals surface area contributed by atoms with Gasteiger partial charge in [0, 0.05) is 62.3 Å². The van der Waals surface area contributed by atoms with E-state index in [1.54, 1.807) is 24.2 Å². The van der Waals surface area contributed by atoms with Gasteiger partial charge >= 0.3 is 0 Å². The molecule has 0 aliphatic carbocycles. The van der Waals surface area contributed by atoms with Gasteiger partial charge in [0.25, 0.3) is 11.5 Å². The maximum Gasteiger partial charge on any atom is 0.274 e. The number of carbonyl (C=O) groups excluding carboxylic acids is 1. The first-order chi connectivity index (χ1) is 20.5. The van der Waals surface area contributed by atoms with Crippen LogP contribution < -0.4 is 15.8 Å². The van der Waals surface area contributed by atoms with Crippen LogP contribution in [-0.2, 0) is 39.7 Å². The summed E-state index contributed by atoms with van der Waals surface area (Å²) in [6, 6.07) is 8.16. The van der Waals surface area contributed by atoms with Crippen LogP contribution in [0, 0.1) is 18.7 Å². The van der Waals surface area contributed by atoms with Crippen LogP contribution in [0.3, 0.4) is 0 Å². The maximum atomic E-state index is 15.3. The molecule has 0 spiro atoms. The van der Waals surface area contributed by atoms with Gasteiger partial charge in [-0.1, -0.05) is 13.8 Å². The number of rotatable bonds is 7. The zero-order valence-corrected chi connectivity index (χ0v) is 25.3. The Morgan fingerprint density at radius 2 is 1.84 bits per heavy atom. The third-order valence-electron chi connectivity index (χ3n) is 8.50. The molecule has 0 saturated carbocycles. The fourth-order valence-electron chi connectivity index (χ4n) is 6.31. The Morgan fingerprint density at radius 3 is 2.58 bits per heavy atom. The molecule has 0 fully saturated rings. The summed E-state index contributed by atoms with van der Waals surface area (Å²) < 4.78 is 20.7. The zero-order valence-electron chi connectivity index (χ0n) is 25.3. The zero-order chi connectivity index (χ0) is 30.6. The van der Waals surface area contributed by atoms with E-state index < -0.39 is 12.4 Å². The first-order valence-corrected chi connectivity index (χ1v) is 14.7. The van der Waals surface area contributed by atoms with Crippen molar-refractivity contribution in [3.63, 3.8) is 0 Å². The van der Waals surface area contributed by atoms with Gasteiger partial charge < -0.3 is 24.5 Å². The topological polar surface area (TPSA) is 101 Å². The quantitative estimate of drug-likeness (QED) is 0.339. The number of anilines is 3. The molecule has 0 atom stereocenters. The number of amides is 1. The van der Waals surface area contributed by atoms with Gasteiger partial charge in [0.15, 0.2) is 5.82 Å². The highest BCUT2D eigenvalue weighted by atomic mass is 19.1. The number of fused-ring (bicyclic) bond motifs is 2. The second kappa shape index (κ2) is 11.1. The third-order valence-corrected chi connectivity index (χ3v) is 8.50. The lowest BCUT2D eigenvalue weighted by atomic mass is 9.97. The van der Waals surface area contributed by atoms with Gasteiger partial charge in [-0.2, -0.15) is 5.10 Å². The van der Waals surface area contributed by atoms with Crippen LogP contribution in [0.1, 0.15) is 46.9 Å². The van der Waals surface area contributed by atoms with E-state index in [4.69, 9.17) is 0 Å². The van der Waals surface area contributed by atoms with E-state index in [1.165, 1.54) is 16.7 Å². The molecule has 6 rings (SSSR count). The minimum absolute atomic E-state index is 0.229. The number of hydrogen-bond acceptors (Lipinski definition) is 6. The van der Waals surface area contributed by atoms with Crippen molar-refractivity contribution in [2.24, 2.45) is 13.0 Å². The second-order valence-corrected chi connectivity index (χ2v) is 12.1. The van der Waals surface area contributed by atoms with Gasteiger partial charge in [-0.25, -0.2) is 4.39 Å². The molecular weight excluding hydrogens is 549 g/mol. The molecule has 4 aromatic rings. The predicted octanol–water partition coefficient (Wildman–Crippen LogP) is 4.04. The number of nitrogens with one attached hydrogen (secondary N) is 1. The number of pyridine rings is 1. The third kappa shape index (κ3) is 5.27. The molecule has 5 heterocycles. The van der Waals surface area contributed by atoms with E-state index in [0.29, 0.717) is 52.9 Å². The van der Waals surface area contributed by atoms with Crippen LogP contribution in [-0.4, -0.2) is 55.0 Å². The average Bonchev–Trinajstić information content (AvgIpc) is 3.50. The smallest absolute Gasteiger partial charge is 0.274 e. The van der Waals surface area contributed by atoms with Gasteiger partial charge in [-0.15, -0.1) is 0 Å². The van der Waals surface area contributed by atoms with E-state index in [1.807, 2.05) is 28.3 Å². The molecule has 2 N–H and O–H groups in total. The molecule has 2 aliphatic rings. The van der Waals surface area contributed by atoms with E-state index in [0.717, 1.165) is 43.0 Å². The highest BCUT2D eigenvalue weighted by Crippen LogP contribution is 2.36. The Bertz CT molecular complexity index is 1780. The van der Waals surface area contributed by atoms with Crippen LogP contribution in [0.15, 0.2) is 41.3 Å². The van der Waals surface area contributed by atoms with Crippen molar-refractivity contribution in [1.29, 1.82) is 0 Å². The number of nitrogens with zero attached hydrogens (tertiary/aromatic N) is 6. The molecule has 43 heavy (non-hydrogen) atoms. The summed E-state index contributed by atoms with van der Waals surface area (Å²) in [5, 5.41) is 18.4. The Kier molecular flexibility index (Phi) is 7.47. The molecule has 0 unspecified atom stereocenters. The number of aromatic nitrogens is 4. The molecule has 1 amide bonds. The lowest BCUT2D eigenvalue weighted by Gasteiger charge is -2.31. The molecule has 1 aromatic carbocycles. The van der Waals surface area contributed by atoms with Crippen LogP contribution >= 0.6 is 0 Å². The van der Waals surface area contributed by atoms with E-state index in [-0.39, 0.29) is 17.2 Å². The van der Waals surface area contributed by atoms with Gasteiger partial charge in [0.1, 0.15) is 17.2 Å². The largest absolute Gasteiger partial charge is 0.392 e. The molecule has 226 valence electrons. The number of carbonyl (C=O) groups is 1. The molecule has 0 bridgehead atoms. The fourth-order valence-corrected chi connectivity index (χ4v) is 6.31. The number of aryl methyl sites for hydroxylation is 1. The van der Waals surface area contributed by atoms with Crippen molar-refractivity contribution in [3.05, 3.63) is 80.9 Å². The van der Waals surface area contributed by atoms with Crippen LogP contribution in [0.25, 0.3) is 11.1 Å². The Labute approximate surface area is 250 Å². The molecule has 10 nitrogen and oxygen atoms in total. The number of hydrogen-bond donors (Lipinski definition) is 2. The van der Waals surface area contributed by atoms with Crippen molar-refractivity contribution in [2.75, 3.05) is 30.4 Å².